The van der Waals surface area contributed by atoms with Crippen molar-refractivity contribution >= 4 is 22.5 Å². The zero-order chi connectivity index (χ0) is 11.0. The van der Waals surface area contributed by atoms with E-state index in [0.717, 1.165) is 18.8 Å². The van der Waals surface area contributed by atoms with Crippen LogP contribution in [0.4, 0.5) is 5.00 Å². The Balaban J connectivity index is 2.11. The Morgan fingerprint density at radius 3 is 2.80 bits per heavy atom. The van der Waals surface area contributed by atoms with Gasteiger partial charge in [-0.2, -0.15) is 4.37 Å². The van der Waals surface area contributed by atoms with E-state index in [1.54, 1.807) is 6.92 Å². The molecule has 1 aromatic rings. The molecule has 0 bridgehead atoms. The molecule has 2 rings (SSSR count). The second kappa shape index (κ2) is 3.81. The molecule has 0 atom stereocenters. The van der Waals surface area contributed by atoms with Crippen molar-refractivity contribution in [2.45, 2.75) is 32.7 Å². The van der Waals surface area contributed by atoms with Crippen molar-refractivity contribution in [1.29, 1.82) is 0 Å². The molecule has 0 spiro atoms. The van der Waals surface area contributed by atoms with E-state index in [9.17, 15) is 4.79 Å². The SMILES string of the molecule is Cc1nsc(NC2CC(C)C2)c1C(=O)O. The maximum absolute atomic E-state index is 11.0. The maximum Gasteiger partial charge on any atom is 0.340 e. The van der Waals surface area contributed by atoms with Crippen LogP contribution in [-0.4, -0.2) is 21.5 Å². The van der Waals surface area contributed by atoms with E-state index in [-0.39, 0.29) is 0 Å². The van der Waals surface area contributed by atoms with Crippen LogP contribution < -0.4 is 5.32 Å². The number of aromatic nitrogens is 1. The van der Waals surface area contributed by atoms with Gasteiger partial charge in [0.2, 0.25) is 0 Å². The molecule has 0 radical (unpaired) electrons. The molecule has 4 nitrogen and oxygen atoms in total. The van der Waals surface area contributed by atoms with Crippen molar-refractivity contribution in [2.24, 2.45) is 5.92 Å². The summed E-state index contributed by atoms with van der Waals surface area (Å²) in [5, 5.41) is 13.0. The number of nitrogens with one attached hydrogen (secondary N) is 1. The number of anilines is 1. The molecular formula is C10H14N2O2S. The second-order valence-corrected chi connectivity index (χ2v) is 4.97. The number of hydrogen-bond donors (Lipinski definition) is 2. The van der Waals surface area contributed by atoms with Gasteiger partial charge in [0.25, 0.3) is 0 Å². The highest BCUT2D eigenvalue weighted by Gasteiger charge is 2.27. The third-order valence-electron chi connectivity index (χ3n) is 2.79. The van der Waals surface area contributed by atoms with E-state index in [0.29, 0.717) is 22.3 Å². The number of rotatable bonds is 3. The van der Waals surface area contributed by atoms with Crippen LogP contribution in [-0.2, 0) is 0 Å². The van der Waals surface area contributed by atoms with E-state index in [1.165, 1.54) is 11.5 Å². The lowest BCUT2D eigenvalue weighted by atomic mass is 9.82. The van der Waals surface area contributed by atoms with Gasteiger partial charge in [-0.15, -0.1) is 0 Å². The van der Waals surface area contributed by atoms with Gasteiger partial charge in [0, 0.05) is 6.04 Å². The normalized spacial score (nSPS) is 24.7. The van der Waals surface area contributed by atoms with Crippen molar-refractivity contribution in [3.05, 3.63) is 11.3 Å². The van der Waals surface area contributed by atoms with E-state index >= 15 is 0 Å². The van der Waals surface area contributed by atoms with Gasteiger partial charge in [-0.1, -0.05) is 6.92 Å². The molecule has 2 N–H and O–H groups in total. The average Bonchev–Trinajstić information content (AvgIpc) is 2.44. The molecule has 15 heavy (non-hydrogen) atoms. The minimum absolute atomic E-state index is 0.333. The minimum Gasteiger partial charge on any atom is -0.478 e. The lowest BCUT2D eigenvalue weighted by Gasteiger charge is -2.33. The van der Waals surface area contributed by atoms with Crippen LogP contribution in [0.2, 0.25) is 0 Å². The molecule has 1 aliphatic rings. The molecule has 0 aromatic carbocycles. The standard InChI is InChI=1S/C10H14N2O2S/c1-5-3-7(4-5)11-9-8(10(13)14)6(2)12-15-9/h5,7,11H,3-4H2,1-2H3,(H,13,14). The van der Waals surface area contributed by atoms with Gasteiger partial charge < -0.3 is 10.4 Å². The number of nitrogens with zero attached hydrogens (tertiary/aromatic N) is 1. The fraction of sp³-hybridized carbons (Fsp3) is 0.600. The molecule has 1 saturated carbocycles. The first-order chi connectivity index (χ1) is 7.08. The van der Waals surface area contributed by atoms with Crippen molar-refractivity contribution in [3.8, 4) is 0 Å². The molecule has 1 aliphatic carbocycles. The summed E-state index contributed by atoms with van der Waals surface area (Å²) in [5.41, 5.74) is 0.932. The van der Waals surface area contributed by atoms with Gasteiger partial charge in [-0.3, -0.25) is 0 Å². The van der Waals surface area contributed by atoms with Crippen LogP contribution in [0.25, 0.3) is 0 Å². The molecule has 0 saturated heterocycles. The largest absolute Gasteiger partial charge is 0.478 e. The number of carboxylic acid groups (broad SMARTS) is 1. The van der Waals surface area contributed by atoms with Crippen molar-refractivity contribution in [3.63, 3.8) is 0 Å². The van der Waals surface area contributed by atoms with Gasteiger partial charge >= 0.3 is 5.97 Å². The third kappa shape index (κ3) is 1.97. The summed E-state index contributed by atoms with van der Waals surface area (Å²) in [5.74, 6) is -0.138. The first-order valence-electron chi connectivity index (χ1n) is 5.04. The Morgan fingerprint density at radius 1 is 1.60 bits per heavy atom. The monoisotopic (exact) mass is 226 g/mol. The van der Waals surface area contributed by atoms with Crippen LogP contribution in [0.15, 0.2) is 0 Å². The Morgan fingerprint density at radius 2 is 2.27 bits per heavy atom. The fourth-order valence-corrected chi connectivity index (χ4v) is 2.79. The van der Waals surface area contributed by atoms with Crippen LogP contribution >= 0.6 is 11.5 Å². The van der Waals surface area contributed by atoms with Crippen molar-refractivity contribution in [2.75, 3.05) is 5.32 Å². The number of hydrogen-bond acceptors (Lipinski definition) is 4. The van der Waals surface area contributed by atoms with Crippen molar-refractivity contribution in [1.82, 2.24) is 4.37 Å². The molecule has 1 heterocycles. The lowest BCUT2D eigenvalue weighted by molar-refractivity contribution is 0.0697. The summed E-state index contributed by atoms with van der Waals surface area (Å²) in [7, 11) is 0. The van der Waals surface area contributed by atoms with Gasteiger partial charge in [0.15, 0.2) is 0 Å². The van der Waals surface area contributed by atoms with E-state index in [1.807, 2.05) is 0 Å². The molecule has 0 unspecified atom stereocenters. The lowest BCUT2D eigenvalue weighted by Crippen LogP contribution is -2.33. The van der Waals surface area contributed by atoms with Gasteiger partial charge in [-0.25, -0.2) is 4.79 Å². The summed E-state index contributed by atoms with van der Waals surface area (Å²) in [6.07, 6.45) is 2.24. The Bertz CT molecular complexity index is 383. The Kier molecular flexibility index (Phi) is 2.65. The first-order valence-corrected chi connectivity index (χ1v) is 5.81. The summed E-state index contributed by atoms with van der Waals surface area (Å²) in [4.78, 5) is 11.0. The topological polar surface area (TPSA) is 62.2 Å². The molecule has 1 aromatic heterocycles. The zero-order valence-corrected chi connectivity index (χ0v) is 9.60. The minimum atomic E-state index is -0.892. The summed E-state index contributed by atoms with van der Waals surface area (Å²) >= 11 is 1.24. The predicted molar refractivity (Wildman–Crippen MR) is 59.6 cm³/mol. The summed E-state index contributed by atoms with van der Waals surface area (Å²) in [6.45, 7) is 3.93. The number of aryl methyl sites for hydroxylation is 1. The van der Waals surface area contributed by atoms with Crippen LogP contribution in [0.3, 0.4) is 0 Å². The van der Waals surface area contributed by atoms with E-state index in [4.69, 9.17) is 5.11 Å². The molecule has 0 aliphatic heterocycles. The van der Waals surface area contributed by atoms with Crippen LogP contribution in [0.5, 0.6) is 0 Å². The molecule has 0 amide bonds. The Hall–Kier alpha value is -1.10. The highest BCUT2D eigenvalue weighted by Crippen LogP contribution is 2.33. The Labute approximate surface area is 92.5 Å². The number of aromatic carboxylic acids is 1. The second-order valence-electron chi connectivity index (χ2n) is 4.20. The summed E-state index contributed by atoms with van der Waals surface area (Å²) in [6, 6.07) is 0.429. The fourth-order valence-electron chi connectivity index (χ4n) is 1.93. The third-order valence-corrected chi connectivity index (χ3v) is 3.66. The maximum atomic E-state index is 11.0. The first kappa shape index (κ1) is 10.4. The molecule has 5 heteroatoms. The molecule has 1 fully saturated rings. The van der Waals surface area contributed by atoms with Crippen molar-refractivity contribution < 1.29 is 9.90 Å². The summed E-state index contributed by atoms with van der Waals surface area (Å²) < 4.78 is 4.07. The average molecular weight is 226 g/mol. The molecule has 82 valence electrons. The highest BCUT2D eigenvalue weighted by atomic mass is 32.1. The van der Waals surface area contributed by atoms with E-state index in [2.05, 4.69) is 16.6 Å². The predicted octanol–water partition coefficient (Wildman–Crippen LogP) is 2.36. The van der Waals surface area contributed by atoms with Gasteiger partial charge in [-0.05, 0) is 37.2 Å². The highest BCUT2D eigenvalue weighted by molar-refractivity contribution is 7.10. The molecular weight excluding hydrogens is 212 g/mol. The van der Waals surface area contributed by atoms with Gasteiger partial charge in [0.05, 0.1) is 5.69 Å². The number of carbonyl (C=O) groups is 1. The van der Waals surface area contributed by atoms with Crippen LogP contribution in [0, 0.1) is 12.8 Å². The quantitative estimate of drug-likeness (QED) is 0.830. The van der Waals surface area contributed by atoms with Crippen LogP contribution in [0.1, 0.15) is 35.8 Å². The van der Waals surface area contributed by atoms with Gasteiger partial charge in [0.1, 0.15) is 10.6 Å². The smallest absolute Gasteiger partial charge is 0.340 e. The number of carboxylic acids is 1. The zero-order valence-electron chi connectivity index (χ0n) is 8.78. The van der Waals surface area contributed by atoms with E-state index < -0.39 is 5.97 Å².